The van der Waals surface area contributed by atoms with Gasteiger partial charge in [0.15, 0.2) is 0 Å². The second-order valence-corrected chi connectivity index (χ2v) is 6.58. The summed E-state index contributed by atoms with van der Waals surface area (Å²) in [4.78, 5) is 0. The molecule has 2 fully saturated rings. The van der Waals surface area contributed by atoms with Crippen LogP contribution >= 0.6 is 0 Å². The predicted molar refractivity (Wildman–Crippen MR) is 68.2 cm³/mol. The van der Waals surface area contributed by atoms with E-state index in [1.165, 1.54) is 31.3 Å². The molecule has 16 heavy (non-hydrogen) atoms. The zero-order valence-electron chi connectivity index (χ0n) is 11.0. The number of hydrogen-bond donors (Lipinski definition) is 1. The fourth-order valence-electron chi connectivity index (χ4n) is 4.10. The molecule has 0 aromatic heterocycles. The van der Waals surface area contributed by atoms with E-state index in [4.69, 9.17) is 0 Å². The van der Waals surface area contributed by atoms with Crippen LogP contribution in [0.4, 0.5) is 0 Å². The molecule has 2 aliphatic carbocycles. The quantitative estimate of drug-likeness (QED) is 0.669. The lowest BCUT2D eigenvalue weighted by atomic mass is 9.54. The minimum Gasteiger partial charge on any atom is -0.392 e. The molecule has 0 heterocycles. The fourth-order valence-corrected chi connectivity index (χ4v) is 4.10. The topological polar surface area (TPSA) is 20.2 Å². The third-order valence-electron chi connectivity index (χ3n) is 5.12. The zero-order chi connectivity index (χ0) is 11.9. The van der Waals surface area contributed by atoms with E-state index in [0.29, 0.717) is 23.2 Å². The first-order valence-electron chi connectivity index (χ1n) is 6.81. The molecular formula is C15H26O. The van der Waals surface area contributed by atoms with Crippen LogP contribution < -0.4 is 0 Å². The summed E-state index contributed by atoms with van der Waals surface area (Å²) in [7, 11) is 0. The molecule has 1 N–H and O–H groups in total. The molecule has 0 saturated heterocycles. The highest BCUT2D eigenvalue weighted by Crippen LogP contribution is 2.54. The maximum atomic E-state index is 10.6. The second kappa shape index (κ2) is 4.18. The van der Waals surface area contributed by atoms with Crippen molar-refractivity contribution in [1.82, 2.24) is 0 Å². The Balaban J connectivity index is 2.24. The van der Waals surface area contributed by atoms with E-state index < -0.39 is 0 Å². The van der Waals surface area contributed by atoms with Crippen molar-refractivity contribution >= 4 is 0 Å². The first kappa shape index (κ1) is 12.2. The summed E-state index contributed by atoms with van der Waals surface area (Å²) >= 11 is 0. The molecule has 1 heteroatoms. The Morgan fingerprint density at radius 2 is 2.06 bits per heavy atom. The summed E-state index contributed by atoms with van der Waals surface area (Å²) < 4.78 is 0. The molecular weight excluding hydrogens is 196 g/mol. The van der Waals surface area contributed by atoms with Gasteiger partial charge in [0.1, 0.15) is 0 Å². The molecule has 0 amide bonds. The smallest absolute Gasteiger partial charge is 0.0641 e. The van der Waals surface area contributed by atoms with Gasteiger partial charge in [-0.15, -0.1) is 0 Å². The van der Waals surface area contributed by atoms with Gasteiger partial charge < -0.3 is 5.11 Å². The fraction of sp³-hybridized carbons (Fsp3) is 0.867. The average molecular weight is 222 g/mol. The third-order valence-corrected chi connectivity index (χ3v) is 5.12. The maximum absolute atomic E-state index is 10.6. The molecule has 92 valence electrons. The van der Waals surface area contributed by atoms with Gasteiger partial charge in [-0.2, -0.15) is 0 Å². The van der Waals surface area contributed by atoms with E-state index in [2.05, 4.69) is 27.4 Å². The van der Waals surface area contributed by atoms with Crippen LogP contribution in [0.2, 0.25) is 0 Å². The van der Waals surface area contributed by atoms with Crippen LogP contribution in [0.3, 0.4) is 0 Å². The van der Waals surface area contributed by atoms with Crippen molar-refractivity contribution < 1.29 is 5.11 Å². The van der Waals surface area contributed by atoms with Crippen molar-refractivity contribution in [2.75, 3.05) is 0 Å². The van der Waals surface area contributed by atoms with Crippen molar-refractivity contribution in [2.45, 2.75) is 59.0 Å². The van der Waals surface area contributed by atoms with Gasteiger partial charge in [-0.1, -0.05) is 32.9 Å². The lowest BCUT2D eigenvalue weighted by molar-refractivity contribution is -0.0669. The van der Waals surface area contributed by atoms with Crippen molar-refractivity contribution in [1.29, 1.82) is 0 Å². The summed E-state index contributed by atoms with van der Waals surface area (Å²) in [6.45, 7) is 11.1. The Morgan fingerprint density at radius 1 is 1.38 bits per heavy atom. The van der Waals surface area contributed by atoms with Gasteiger partial charge in [0.05, 0.1) is 6.10 Å². The molecule has 2 saturated carbocycles. The lowest BCUT2D eigenvalue weighted by Crippen LogP contribution is -2.48. The van der Waals surface area contributed by atoms with Crippen LogP contribution in [0.15, 0.2) is 12.2 Å². The van der Waals surface area contributed by atoms with E-state index in [9.17, 15) is 5.11 Å². The average Bonchev–Trinajstić information content (AvgIpc) is 2.16. The van der Waals surface area contributed by atoms with Crippen LogP contribution in [0.25, 0.3) is 0 Å². The Morgan fingerprint density at radius 3 is 2.69 bits per heavy atom. The standard InChI is InChI=1S/C15H26O/c1-10(2)12-7-9-15(4)8-5-6-11(3)13(15)14(12)16/h10,12-14,16H,3,5-9H2,1-2,4H3/t12-,13-,14-,15+/m1/s1. The van der Waals surface area contributed by atoms with Gasteiger partial charge in [-0.05, 0) is 49.4 Å². The van der Waals surface area contributed by atoms with Crippen molar-refractivity contribution in [3.8, 4) is 0 Å². The van der Waals surface area contributed by atoms with Crippen molar-refractivity contribution in [3.63, 3.8) is 0 Å². The number of fused-ring (bicyclic) bond motifs is 1. The van der Waals surface area contributed by atoms with Gasteiger partial charge in [0.25, 0.3) is 0 Å². The summed E-state index contributed by atoms with van der Waals surface area (Å²) in [5.41, 5.74) is 1.65. The molecule has 0 radical (unpaired) electrons. The van der Waals surface area contributed by atoms with Gasteiger partial charge in [-0.25, -0.2) is 0 Å². The minimum absolute atomic E-state index is 0.147. The number of rotatable bonds is 1. The molecule has 0 aromatic carbocycles. The largest absolute Gasteiger partial charge is 0.392 e. The van der Waals surface area contributed by atoms with E-state index in [1.807, 2.05) is 0 Å². The van der Waals surface area contributed by atoms with Crippen molar-refractivity contribution in [3.05, 3.63) is 12.2 Å². The van der Waals surface area contributed by atoms with Crippen LogP contribution in [0, 0.1) is 23.2 Å². The van der Waals surface area contributed by atoms with Crippen LogP contribution in [0.5, 0.6) is 0 Å². The maximum Gasteiger partial charge on any atom is 0.0641 e. The van der Waals surface area contributed by atoms with E-state index in [1.54, 1.807) is 0 Å². The van der Waals surface area contributed by atoms with Gasteiger partial charge in [-0.3, -0.25) is 0 Å². The Hall–Kier alpha value is -0.300. The van der Waals surface area contributed by atoms with Crippen molar-refractivity contribution in [2.24, 2.45) is 23.2 Å². The van der Waals surface area contributed by atoms with Gasteiger partial charge in [0.2, 0.25) is 0 Å². The molecule has 0 aromatic rings. The van der Waals surface area contributed by atoms with Gasteiger partial charge >= 0.3 is 0 Å². The monoisotopic (exact) mass is 222 g/mol. The SMILES string of the molecule is C=C1CCC[C@@]2(C)CC[C@H](C(C)C)[C@@H](O)[C@@H]12. The summed E-state index contributed by atoms with van der Waals surface area (Å²) in [5.74, 6) is 1.43. The molecule has 2 aliphatic rings. The summed E-state index contributed by atoms with van der Waals surface area (Å²) in [6.07, 6.45) is 5.99. The summed E-state index contributed by atoms with van der Waals surface area (Å²) in [6, 6.07) is 0. The highest BCUT2D eigenvalue weighted by Gasteiger charge is 2.48. The molecule has 0 spiro atoms. The Kier molecular flexibility index (Phi) is 3.18. The molecule has 0 unspecified atom stereocenters. The third kappa shape index (κ3) is 1.84. The number of aliphatic hydroxyl groups is 1. The molecule has 0 bridgehead atoms. The Bertz CT molecular complexity index is 281. The van der Waals surface area contributed by atoms with E-state index in [-0.39, 0.29) is 6.10 Å². The predicted octanol–water partition coefficient (Wildman–Crippen LogP) is 3.78. The number of hydrogen-bond acceptors (Lipinski definition) is 1. The molecule has 1 nitrogen and oxygen atoms in total. The molecule has 2 rings (SSSR count). The number of aliphatic hydroxyl groups excluding tert-OH is 1. The molecule has 0 aliphatic heterocycles. The minimum atomic E-state index is -0.147. The second-order valence-electron chi connectivity index (χ2n) is 6.58. The summed E-state index contributed by atoms with van der Waals surface area (Å²) in [5, 5.41) is 10.6. The molecule has 4 atom stereocenters. The zero-order valence-corrected chi connectivity index (χ0v) is 11.0. The lowest BCUT2D eigenvalue weighted by Gasteiger charge is -2.52. The van der Waals surface area contributed by atoms with E-state index >= 15 is 0 Å². The van der Waals surface area contributed by atoms with E-state index in [0.717, 1.165) is 6.42 Å². The Labute approximate surface area is 99.9 Å². The normalized spacial score (nSPS) is 44.6. The van der Waals surface area contributed by atoms with Crippen LogP contribution in [0.1, 0.15) is 52.9 Å². The first-order valence-corrected chi connectivity index (χ1v) is 6.81. The van der Waals surface area contributed by atoms with Crippen LogP contribution in [-0.4, -0.2) is 11.2 Å². The highest BCUT2D eigenvalue weighted by atomic mass is 16.3. The highest BCUT2D eigenvalue weighted by molar-refractivity contribution is 5.15. The van der Waals surface area contributed by atoms with Crippen LogP contribution in [-0.2, 0) is 0 Å². The van der Waals surface area contributed by atoms with Gasteiger partial charge in [0, 0.05) is 5.92 Å². The first-order chi connectivity index (χ1) is 7.46.